The number of rotatable bonds is 8. The van der Waals surface area contributed by atoms with Crippen molar-refractivity contribution in [2.45, 2.75) is 13.0 Å². The fourth-order valence-electron chi connectivity index (χ4n) is 0.963. The van der Waals surface area contributed by atoms with Crippen molar-refractivity contribution in [1.82, 2.24) is 0 Å². The van der Waals surface area contributed by atoms with E-state index in [0.717, 1.165) is 17.1 Å². The summed E-state index contributed by atoms with van der Waals surface area (Å²) in [6.07, 6.45) is 0.876. The van der Waals surface area contributed by atoms with Gasteiger partial charge in [-0.2, -0.15) is 0 Å². The number of hydrogen-bond donors (Lipinski definition) is 0. The zero-order valence-corrected chi connectivity index (χ0v) is 11.9. The fourth-order valence-corrected chi connectivity index (χ4v) is 1.85. The van der Waals surface area contributed by atoms with Gasteiger partial charge < -0.3 is 9.22 Å². The van der Waals surface area contributed by atoms with Crippen LogP contribution in [0.2, 0.25) is 0 Å². The van der Waals surface area contributed by atoms with E-state index in [9.17, 15) is 9.36 Å². The molecular weight excluding hydrogens is 241 g/mol. The quantitative estimate of drug-likeness (QED) is 0.289. The summed E-state index contributed by atoms with van der Waals surface area (Å²) < 4.78 is 22.3. The van der Waals surface area contributed by atoms with Crippen molar-refractivity contribution in [2.24, 2.45) is 0 Å². The highest BCUT2D eigenvalue weighted by Crippen LogP contribution is 2.24. The SMILES string of the molecule is C=CC(=O)OC(C)C[P+](=O)OCC[N+](C)(C)C. The van der Waals surface area contributed by atoms with E-state index >= 15 is 0 Å². The Labute approximate surface area is 104 Å². The van der Waals surface area contributed by atoms with E-state index < -0.39 is 20.1 Å². The molecule has 0 aliphatic rings. The number of hydrogen-bond acceptors (Lipinski definition) is 4. The zero-order chi connectivity index (χ0) is 13.5. The molecule has 0 fully saturated rings. The molecule has 0 aliphatic carbocycles. The van der Waals surface area contributed by atoms with Gasteiger partial charge in [-0.25, -0.2) is 4.79 Å². The van der Waals surface area contributed by atoms with Gasteiger partial charge in [-0.15, -0.1) is 4.52 Å². The van der Waals surface area contributed by atoms with Gasteiger partial charge in [-0.05, 0) is 11.5 Å². The third-order valence-electron chi connectivity index (χ3n) is 1.89. The van der Waals surface area contributed by atoms with Crippen LogP contribution in [0.25, 0.3) is 0 Å². The molecule has 6 heteroatoms. The summed E-state index contributed by atoms with van der Waals surface area (Å²) in [6, 6.07) is 0. The first-order valence-corrected chi connectivity index (χ1v) is 6.82. The molecule has 0 bridgehead atoms. The number of carbonyl (C=O) groups excluding carboxylic acids is 1. The number of ether oxygens (including phenoxy) is 1. The number of quaternary nitrogens is 1. The van der Waals surface area contributed by atoms with Gasteiger partial charge in [-0.1, -0.05) is 6.58 Å². The molecule has 17 heavy (non-hydrogen) atoms. The van der Waals surface area contributed by atoms with E-state index in [2.05, 4.69) is 6.58 Å². The number of esters is 1. The lowest BCUT2D eigenvalue weighted by atomic mass is 10.5. The van der Waals surface area contributed by atoms with Crippen molar-refractivity contribution >= 4 is 14.0 Å². The maximum atomic E-state index is 11.5. The van der Waals surface area contributed by atoms with Gasteiger partial charge >= 0.3 is 14.0 Å². The maximum Gasteiger partial charge on any atom is 0.512 e. The molecule has 0 radical (unpaired) electrons. The molecule has 0 heterocycles. The predicted molar refractivity (Wildman–Crippen MR) is 67.1 cm³/mol. The fraction of sp³-hybridized carbons (Fsp3) is 0.727. The van der Waals surface area contributed by atoms with Crippen molar-refractivity contribution < 1.29 is 23.1 Å². The van der Waals surface area contributed by atoms with Crippen LogP contribution >= 0.6 is 8.03 Å². The molecule has 0 saturated carbocycles. The molecule has 0 aromatic carbocycles. The normalized spacial score (nSPS) is 14.0. The Kier molecular flexibility index (Phi) is 7.19. The van der Waals surface area contributed by atoms with Crippen LogP contribution in [-0.4, -0.2) is 57.0 Å². The topological polar surface area (TPSA) is 52.6 Å². The molecule has 0 aromatic rings. The first-order chi connectivity index (χ1) is 7.74. The van der Waals surface area contributed by atoms with Crippen molar-refractivity contribution in [3.05, 3.63) is 12.7 Å². The van der Waals surface area contributed by atoms with E-state index in [1.807, 2.05) is 21.1 Å². The first-order valence-electron chi connectivity index (χ1n) is 5.45. The molecule has 0 rings (SSSR count). The van der Waals surface area contributed by atoms with Crippen molar-refractivity contribution in [2.75, 3.05) is 40.5 Å². The van der Waals surface area contributed by atoms with Gasteiger partial charge in [0.05, 0.1) is 21.1 Å². The molecule has 0 amide bonds. The van der Waals surface area contributed by atoms with E-state index in [1.54, 1.807) is 6.92 Å². The van der Waals surface area contributed by atoms with Crippen molar-refractivity contribution in [3.63, 3.8) is 0 Å². The smallest absolute Gasteiger partial charge is 0.455 e. The van der Waals surface area contributed by atoms with E-state index in [4.69, 9.17) is 9.26 Å². The second-order valence-electron chi connectivity index (χ2n) is 4.81. The predicted octanol–water partition coefficient (Wildman–Crippen LogP) is 1.57. The number of likely N-dealkylation sites (N-methyl/N-ethyl adjacent to an activating group) is 1. The zero-order valence-electron chi connectivity index (χ0n) is 11.0. The van der Waals surface area contributed by atoms with Crippen LogP contribution in [0.3, 0.4) is 0 Å². The van der Waals surface area contributed by atoms with Gasteiger partial charge in [0, 0.05) is 6.08 Å². The Morgan fingerprint density at radius 2 is 2.06 bits per heavy atom. The molecule has 0 spiro atoms. The highest BCUT2D eigenvalue weighted by Gasteiger charge is 2.25. The maximum absolute atomic E-state index is 11.5. The standard InChI is InChI=1S/C11H22NO4P/c1-6-11(13)16-10(2)9-17(14)15-8-7-12(3,4)5/h6,10H,1,7-9H2,2-5H3/q+2. The summed E-state index contributed by atoms with van der Waals surface area (Å²) in [5, 5.41) is 0. The number of nitrogens with zero attached hydrogens (tertiary/aromatic N) is 1. The van der Waals surface area contributed by atoms with E-state index in [1.165, 1.54) is 0 Å². The Morgan fingerprint density at radius 3 is 2.53 bits per heavy atom. The summed E-state index contributed by atoms with van der Waals surface area (Å²) in [4.78, 5) is 10.9. The molecule has 0 aliphatic heterocycles. The van der Waals surface area contributed by atoms with Gasteiger partial charge in [0.1, 0.15) is 12.6 Å². The molecule has 2 unspecified atom stereocenters. The summed E-state index contributed by atoms with van der Waals surface area (Å²) in [5.41, 5.74) is 0. The second-order valence-corrected chi connectivity index (χ2v) is 6.10. The van der Waals surface area contributed by atoms with E-state index in [-0.39, 0.29) is 6.16 Å². The molecule has 98 valence electrons. The summed E-state index contributed by atoms with van der Waals surface area (Å²) in [7, 11) is 4.32. The van der Waals surface area contributed by atoms with Crippen LogP contribution in [0, 0.1) is 0 Å². The first kappa shape index (κ1) is 16.2. The Bertz CT molecular complexity index is 286. The van der Waals surface area contributed by atoms with Crippen LogP contribution in [0.4, 0.5) is 0 Å². The lowest BCUT2D eigenvalue weighted by molar-refractivity contribution is -0.870. The Balaban J connectivity index is 3.79. The van der Waals surface area contributed by atoms with Gasteiger partial charge in [-0.3, -0.25) is 0 Å². The van der Waals surface area contributed by atoms with Crippen LogP contribution in [0.15, 0.2) is 12.7 Å². The minimum atomic E-state index is -1.78. The average Bonchev–Trinajstić information content (AvgIpc) is 2.14. The third kappa shape index (κ3) is 10.1. The van der Waals surface area contributed by atoms with Gasteiger partial charge in [0.15, 0.2) is 6.61 Å². The minimum absolute atomic E-state index is 0.214. The largest absolute Gasteiger partial charge is 0.512 e. The highest BCUT2D eigenvalue weighted by atomic mass is 31.1. The summed E-state index contributed by atoms with van der Waals surface area (Å²) >= 11 is 0. The molecule has 5 nitrogen and oxygen atoms in total. The van der Waals surface area contributed by atoms with Gasteiger partial charge in [0.2, 0.25) is 6.16 Å². The molecule has 0 aromatic heterocycles. The lowest BCUT2D eigenvalue weighted by Gasteiger charge is -2.22. The molecular formula is C11H22NO4P+2. The average molecular weight is 263 g/mol. The molecule has 0 N–H and O–H groups in total. The third-order valence-corrected chi connectivity index (χ3v) is 3.17. The van der Waals surface area contributed by atoms with Crippen LogP contribution < -0.4 is 0 Å². The Morgan fingerprint density at radius 1 is 1.47 bits per heavy atom. The van der Waals surface area contributed by atoms with Crippen molar-refractivity contribution in [3.8, 4) is 0 Å². The summed E-state index contributed by atoms with van der Waals surface area (Å²) in [5.74, 6) is -0.507. The Hall–Kier alpha value is -0.770. The highest BCUT2D eigenvalue weighted by molar-refractivity contribution is 7.39. The lowest BCUT2D eigenvalue weighted by Crippen LogP contribution is -2.37. The van der Waals surface area contributed by atoms with E-state index in [0.29, 0.717) is 6.61 Å². The molecule has 0 saturated heterocycles. The molecule has 2 atom stereocenters. The number of carbonyl (C=O) groups is 1. The summed E-state index contributed by atoms with van der Waals surface area (Å²) in [6.45, 7) is 6.18. The second kappa shape index (κ2) is 7.54. The van der Waals surface area contributed by atoms with Gasteiger partial charge in [0.25, 0.3) is 0 Å². The van der Waals surface area contributed by atoms with Crippen LogP contribution in [0.5, 0.6) is 0 Å². The monoisotopic (exact) mass is 263 g/mol. The minimum Gasteiger partial charge on any atom is -0.455 e. The van der Waals surface area contributed by atoms with Crippen LogP contribution in [0.1, 0.15) is 6.92 Å². The van der Waals surface area contributed by atoms with Crippen LogP contribution in [-0.2, 0) is 18.6 Å². The van der Waals surface area contributed by atoms with Crippen molar-refractivity contribution in [1.29, 1.82) is 0 Å².